The van der Waals surface area contributed by atoms with Crippen molar-refractivity contribution in [3.8, 4) is 6.07 Å². The summed E-state index contributed by atoms with van der Waals surface area (Å²) in [5.74, 6) is -0.925. The molecule has 2 rings (SSSR count). The van der Waals surface area contributed by atoms with E-state index in [-0.39, 0.29) is 11.5 Å². The Kier molecular flexibility index (Phi) is 4.52. The number of nitriles is 1. The fourth-order valence-electron chi connectivity index (χ4n) is 1.91. The van der Waals surface area contributed by atoms with Crippen molar-refractivity contribution in [1.82, 2.24) is 0 Å². The summed E-state index contributed by atoms with van der Waals surface area (Å²) in [6.45, 7) is 2.63. The Balaban J connectivity index is 2.24. The van der Waals surface area contributed by atoms with E-state index in [4.69, 9.17) is 5.26 Å². The minimum absolute atomic E-state index is 0.104. The Hall–Kier alpha value is -2.87. The lowest BCUT2D eigenvalue weighted by Crippen LogP contribution is -2.14. The van der Waals surface area contributed by atoms with E-state index >= 15 is 0 Å². The van der Waals surface area contributed by atoms with Crippen LogP contribution in [0.2, 0.25) is 0 Å². The molecule has 0 fully saturated rings. The van der Waals surface area contributed by atoms with Gasteiger partial charge in [-0.15, -0.1) is 0 Å². The average Bonchev–Trinajstić information content (AvgIpc) is 2.50. The van der Waals surface area contributed by atoms with Gasteiger partial charge < -0.3 is 10.6 Å². The third-order valence-corrected chi connectivity index (χ3v) is 2.88. The van der Waals surface area contributed by atoms with E-state index in [9.17, 15) is 9.18 Å². The summed E-state index contributed by atoms with van der Waals surface area (Å²) in [6.07, 6.45) is 0. The van der Waals surface area contributed by atoms with E-state index < -0.39 is 5.82 Å². The second kappa shape index (κ2) is 6.53. The first-order valence-corrected chi connectivity index (χ1v) is 6.49. The largest absolute Gasteiger partial charge is 0.385 e. The SMILES string of the molecule is CCNc1ccccc1C(=O)Nc1ccc(F)c(C#N)c1. The van der Waals surface area contributed by atoms with Gasteiger partial charge in [-0.25, -0.2) is 4.39 Å². The molecule has 0 saturated carbocycles. The smallest absolute Gasteiger partial charge is 0.257 e. The van der Waals surface area contributed by atoms with Gasteiger partial charge in [0.15, 0.2) is 0 Å². The molecule has 1 amide bonds. The zero-order chi connectivity index (χ0) is 15.2. The molecule has 0 heterocycles. The van der Waals surface area contributed by atoms with Gasteiger partial charge in [0.05, 0.1) is 11.1 Å². The van der Waals surface area contributed by atoms with Crippen molar-refractivity contribution in [3.63, 3.8) is 0 Å². The van der Waals surface area contributed by atoms with Crippen molar-refractivity contribution >= 4 is 17.3 Å². The Morgan fingerprint density at radius 1 is 1.29 bits per heavy atom. The zero-order valence-electron chi connectivity index (χ0n) is 11.5. The summed E-state index contributed by atoms with van der Waals surface area (Å²) in [4.78, 5) is 12.3. The maximum Gasteiger partial charge on any atom is 0.257 e. The molecule has 0 aliphatic rings. The first-order chi connectivity index (χ1) is 10.2. The predicted molar refractivity (Wildman–Crippen MR) is 79.7 cm³/mol. The highest BCUT2D eigenvalue weighted by Crippen LogP contribution is 2.19. The van der Waals surface area contributed by atoms with Gasteiger partial charge in [0.2, 0.25) is 0 Å². The number of benzene rings is 2. The molecule has 4 nitrogen and oxygen atoms in total. The van der Waals surface area contributed by atoms with E-state index in [1.807, 2.05) is 19.1 Å². The monoisotopic (exact) mass is 283 g/mol. The average molecular weight is 283 g/mol. The van der Waals surface area contributed by atoms with Gasteiger partial charge >= 0.3 is 0 Å². The van der Waals surface area contributed by atoms with Gasteiger partial charge in [-0.2, -0.15) is 5.26 Å². The van der Waals surface area contributed by atoms with Gasteiger partial charge in [-0.05, 0) is 37.3 Å². The fraction of sp³-hybridized carbons (Fsp3) is 0.125. The quantitative estimate of drug-likeness (QED) is 0.904. The molecular formula is C16H14FN3O. The maximum absolute atomic E-state index is 13.2. The van der Waals surface area contributed by atoms with Crippen LogP contribution in [0.1, 0.15) is 22.8 Å². The van der Waals surface area contributed by atoms with Gasteiger partial charge in [0.25, 0.3) is 5.91 Å². The molecule has 0 aliphatic heterocycles. The molecule has 0 spiro atoms. The van der Waals surface area contributed by atoms with Gasteiger partial charge in [0.1, 0.15) is 11.9 Å². The van der Waals surface area contributed by atoms with E-state index in [0.717, 1.165) is 11.8 Å². The number of rotatable bonds is 4. The van der Waals surface area contributed by atoms with Crippen LogP contribution in [0.15, 0.2) is 42.5 Å². The maximum atomic E-state index is 13.2. The van der Waals surface area contributed by atoms with Crippen LogP contribution in [0.25, 0.3) is 0 Å². The molecule has 0 atom stereocenters. The Bertz CT molecular complexity index is 707. The lowest BCUT2D eigenvalue weighted by Gasteiger charge is -2.11. The molecule has 106 valence electrons. The van der Waals surface area contributed by atoms with Crippen molar-refractivity contribution in [1.29, 1.82) is 5.26 Å². The van der Waals surface area contributed by atoms with Crippen LogP contribution < -0.4 is 10.6 Å². The van der Waals surface area contributed by atoms with Crippen LogP contribution in [-0.2, 0) is 0 Å². The normalized spacial score (nSPS) is 9.76. The minimum atomic E-state index is -0.608. The van der Waals surface area contributed by atoms with Crippen LogP contribution in [0, 0.1) is 17.1 Å². The molecule has 0 saturated heterocycles. The highest BCUT2D eigenvalue weighted by molar-refractivity contribution is 6.08. The second-order valence-corrected chi connectivity index (χ2v) is 4.34. The van der Waals surface area contributed by atoms with Gasteiger partial charge in [-0.1, -0.05) is 12.1 Å². The minimum Gasteiger partial charge on any atom is -0.385 e. The van der Waals surface area contributed by atoms with E-state index in [1.165, 1.54) is 12.1 Å². The number of amides is 1. The van der Waals surface area contributed by atoms with Crippen LogP contribution in [0.4, 0.5) is 15.8 Å². The lowest BCUT2D eigenvalue weighted by atomic mass is 10.1. The molecule has 0 aliphatic carbocycles. The number of anilines is 2. The predicted octanol–water partition coefficient (Wildman–Crippen LogP) is 3.38. The number of halogens is 1. The molecule has 0 bridgehead atoms. The third-order valence-electron chi connectivity index (χ3n) is 2.88. The summed E-state index contributed by atoms with van der Waals surface area (Å²) in [5.41, 5.74) is 1.49. The second-order valence-electron chi connectivity index (χ2n) is 4.34. The van der Waals surface area contributed by atoms with Crippen LogP contribution >= 0.6 is 0 Å². The summed E-state index contributed by atoms with van der Waals surface area (Å²) in [7, 11) is 0. The molecule has 0 radical (unpaired) electrons. The highest BCUT2D eigenvalue weighted by atomic mass is 19.1. The van der Waals surface area contributed by atoms with Crippen molar-refractivity contribution in [2.24, 2.45) is 0 Å². The number of hydrogen-bond acceptors (Lipinski definition) is 3. The fourth-order valence-corrected chi connectivity index (χ4v) is 1.91. The third kappa shape index (κ3) is 3.37. The van der Waals surface area contributed by atoms with E-state index in [0.29, 0.717) is 17.8 Å². The van der Waals surface area contributed by atoms with Crippen LogP contribution in [-0.4, -0.2) is 12.5 Å². The number of para-hydroxylation sites is 1. The van der Waals surface area contributed by atoms with Crippen LogP contribution in [0.3, 0.4) is 0 Å². The van der Waals surface area contributed by atoms with Gasteiger partial charge in [0, 0.05) is 17.9 Å². The van der Waals surface area contributed by atoms with Crippen molar-refractivity contribution in [3.05, 3.63) is 59.4 Å². The Morgan fingerprint density at radius 2 is 2.05 bits per heavy atom. The molecule has 0 aromatic heterocycles. The number of hydrogen-bond donors (Lipinski definition) is 2. The van der Waals surface area contributed by atoms with E-state index in [2.05, 4.69) is 10.6 Å². The first kappa shape index (κ1) is 14.5. The number of nitrogens with zero attached hydrogens (tertiary/aromatic N) is 1. The topological polar surface area (TPSA) is 64.9 Å². The zero-order valence-corrected chi connectivity index (χ0v) is 11.5. The highest BCUT2D eigenvalue weighted by Gasteiger charge is 2.11. The Morgan fingerprint density at radius 3 is 2.76 bits per heavy atom. The lowest BCUT2D eigenvalue weighted by molar-refractivity contribution is 0.102. The van der Waals surface area contributed by atoms with Gasteiger partial charge in [-0.3, -0.25) is 4.79 Å². The summed E-state index contributed by atoms with van der Waals surface area (Å²) in [5, 5.41) is 14.6. The van der Waals surface area contributed by atoms with Crippen LogP contribution in [0.5, 0.6) is 0 Å². The Labute approximate surface area is 122 Å². The van der Waals surface area contributed by atoms with Crippen molar-refractivity contribution < 1.29 is 9.18 Å². The number of carbonyl (C=O) groups excluding carboxylic acids is 1. The standard InChI is InChI=1S/C16H14FN3O/c1-2-19-15-6-4-3-5-13(15)16(21)20-12-7-8-14(17)11(9-12)10-18/h3-9,19H,2H2,1H3,(H,20,21). The molecular weight excluding hydrogens is 269 g/mol. The molecule has 0 unspecified atom stereocenters. The van der Waals surface area contributed by atoms with Crippen molar-refractivity contribution in [2.75, 3.05) is 17.2 Å². The first-order valence-electron chi connectivity index (χ1n) is 6.49. The summed E-state index contributed by atoms with van der Waals surface area (Å²) < 4.78 is 13.2. The van der Waals surface area contributed by atoms with E-state index in [1.54, 1.807) is 18.2 Å². The molecule has 5 heteroatoms. The summed E-state index contributed by atoms with van der Waals surface area (Å²) >= 11 is 0. The number of nitrogens with one attached hydrogen (secondary N) is 2. The summed E-state index contributed by atoms with van der Waals surface area (Å²) in [6, 6.07) is 12.7. The number of carbonyl (C=O) groups is 1. The molecule has 2 aromatic carbocycles. The molecule has 2 N–H and O–H groups in total. The van der Waals surface area contributed by atoms with Crippen molar-refractivity contribution in [2.45, 2.75) is 6.92 Å². The molecule has 2 aromatic rings. The molecule has 21 heavy (non-hydrogen) atoms.